The van der Waals surface area contributed by atoms with E-state index in [2.05, 4.69) is 48.6 Å². The van der Waals surface area contributed by atoms with Crippen LogP contribution in [-0.2, 0) is 27.8 Å². The molecule has 0 radical (unpaired) electrons. The van der Waals surface area contributed by atoms with E-state index in [1.165, 1.54) is 36.0 Å². The first kappa shape index (κ1) is 23.7. The number of hydrogen-bond acceptors (Lipinski definition) is 2. The molecule has 4 aliphatic carbocycles. The van der Waals surface area contributed by atoms with Crippen molar-refractivity contribution in [1.29, 1.82) is 0 Å². The van der Waals surface area contributed by atoms with Crippen LogP contribution in [-0.4, -0.2) is 11.8 Å². The zero-order valence-electron chi connectivity index (χ0n) is 22.4. The summed E-state index contributed by atoms with van der Waals surface area (Å²) in [6.07, 6.45) is 8.42. The van der Waals surface area contributed by atoms with Gasteiger partial charge in [0.25, 0.3) is 0 Å². The first-order chi connectivity index (χ1) is 18.3. The predicted molar refractivity (Wildman–Crippen MR) is 152 cm³/mol. The summed E-state index contributed by atoms with van der Waals surface area (Å²) < 4.78 is 0. The highest BCUT2D eigenvalue weighted by atomic mass is 16.2. The number of carbonyl (C=O) groups is 2. The maximum Gasteiger partial charge on any atom is 0.230 e. The molecule has 0 saturated heterocycles. The highest BCUT2D eigenvalue weighted by molar-refractivity contribution is 6.02. The number of benzene rings is 3. The van der Waals surface area contributed by atoms with Crippen molar-refractivity contribution in [2.45, 2.75) is 70.6 Å². The molecule has 1 aliphatic heterocycles. The van der Waals surface area contributed by atoms with Crippen molar-refractivity contribution in [2.24, 2.45) is 17.3 Å². The summed E-state index contributed by atoms with van der Waals surface area (Å²) in [6.45, 7) is 3.77. The Hall–Kier alpha value is -3.40. The van der Waals surface area contributed by atoms with E-state index in [-0.39, 0.29) is 22.6 Å². The molecular formula is C34H36N2O2. The lowest BCUT2D eigenvalue weighted by Gasteiger charge is -2.61. The third kappa shape index (κ3) is 3.72. The molecule has 3 aromatic rings. The number of anilines is 3. The second-order valence-corrected chi connectivity index (χ2v) is 12.7. The Morgan fingerprint density at radius 3 is 2.24 bits per heavy atom. The fraction of sp³-hybridized carbons (Fsp3) is 0.412. The smallest absolute Gasteiger partial charge is 0.230 e. The van der Waals surface area contributed by atoms with Crippen LogP contribution in [0.3, 0.4) is 0 Å². The van der Waals surface area contributed by atoms with E-state index in [0.29, 0.717) is 11.8 Å². The predicted octanol–water partition coefficient (Wildman–Crippen LogP) is 7.25. The third-order valence-electron chi connectivity index (χ3n) is 10.0. The number of nitrogens with one attached hydrogen (secondary N) is 1. The largest absolute Gasteiger partial charge is 0.326 e. The van der Waals surface area contributed by atoms with Crippen molar-refractivity contribution < 1.29 is 9.59 Å². The van der Waals surface area contributed by atoms with E-state index in [1.54, 1.807) is 6.92 Å². The molecule has 2 atom stereocenters. The average molecular weight is 505 g/mol. The molecule has 4 heteroatoms. The maximum atomic E-state index is 14.2. The molecule has 3 aromatic carbocycles. The van der Waals surface area contributed by atoms with E-state index in [1.807, 2.05) is 35.2 Å². The zero-order chi connectivity index (χ0) is 26.1. The quantitative estimate of drug-likeness (QED) is 0.408. The zero-order valence-corrected chi connectivity index (χ0v) is 22.4. The molecule has 4 fully saturated rings. The van der Waals surface area contributed by atoms with Gasteiger partial charge in [0.1, 0.15) is 0 Å². The van der Waals surface area contributed by atoms with Crippen LogP contribution in [0.25, 0.3) is 0 Å². The number of hydrogen-bond donors (Lipinski definition) is 1. The van der Waals surface area contributed by atoms with Crippen molar-refractivity contribution in [2.75, 3.05) is 10.2 Å². The Kier molecular flexibility index (Phi) is 5.34. The standard InChI is InChI=1S/C34H36N2O2/c1-22-7-12-28(13-8-22)33-17-24-15-25(18-33)20-34(19-24,21-33)32(38)35-29-14-11-27-10-9-26-5-3-4-6-30(26)36(23(2)37)31(27)16-29/h3-8,11-14,16,24-25H,9-10,15,17-21H2,1-2H3,(H,35,38)/t24-,25-,33?,34?/m1/s1. The summed E-state index contributed by atoms with van der Waals surface area (Å²) in [5, 5.41) is 3.35. The average Bonchev–Trinajstić information content (AvgIpc) is 3.05. The van der Waals surface area contributed by atoms with Gasteiger partial charge in [-0.05, 0) is 110 Å². The van der Waals surface area contributed by atoms with Gasteiger partial charge in [-0.1, -0.05) is 54.1 Å². The van der Waals surface area contributed by atoms with E-state index in [0.717, 1.165) is 54.7 Å². The fourth-order valence-corrected chi connectivity index (χ4v) is 8.78. The SMILES string of the molecule is CC(=O)N1c2ccccc2CCc2ccc(NC(=O)C34C[C@@H]5C[C@@H](C3)CC(c3ccc(C)cc3)(C5)C4)cc21. The van der Waals surface area contributed by atoms with Crippen molar-refractivity contribution in [3.8, 4) is 0 Å². The van der Waals surface area contributed by atoms with E-state index >= 15 is 0 Å². The summed E-state index contributed by atoms with van der Waals surface area (Å²) in [5.41, 5.74) is 7.48. The van der Waals surface area contributed by atoms with Crippen molar-refractivity contribution in [3.63, 3.8) is 0 Å². The van der Waals surface area contributed by atoms with Crippen LogP contribution >= 0.6 is 0 Å². The van der Waals surface area contributed by atoms with Gasteiger partial charge in [-0.25, -0.2) is 0 Å². The number of rotatable bonds is 3. The number of para-hydroxylation sites is 1. The summed E-state index contributed by atoms with van der Waals surface area (Å²) in [7, 11) is 0. The van der Waals surface area contributed by atoms with Crippen LogP contribution < -0.4 is 10.2 Å². The Labute approximate surface area is 225 Å². The van der Waals surface area contributed by atoms with Gasteiger partial charge in [-0.15, -0.1) is 0 Å². The van der Waals surface area contributed by atoms with Crippen molar-refractivity contribution in [1.82, 2.24) is 0 Å². The first-order valence-corrected chi connectivity index (χ1v) is 14.2. The van der Waals surface area contributed by atoms with Crippen LogP contribution in [0.15, 0.2) is 66.7 Å². The lowest BCUT2D eigenvalue weighted by molar-refractivity contribution is -0.143. The van der Waals surface area contributed by atoms with Gasteiger partial charge in [-0.2, -0.15) is 0 Å². The number of nitrogens with zero attached hydrogens (tertiary/aromatic N) is 1. The molecule has 4 saturated carbocycles. The second kappa shape index (κ2) is 8.56. The van der Waals surface area contributed by atoms with Crippen LogP contribution in [0.1, 0.15) is 67.7 Å². The second-order valence-electron chi connectivity index (χ2n) is 12.7. The molecule has 8 rings (SSSR count). The minimum atomic E-state index is -0.311. The summed E-state index contributed by atoms with van der Waals surface area (Å²) >= 11 is 0. The van der Waals surface area contributed by atoms with Crippen LogP contribution in [0, 0.1) is 24.2 Å². The molecule has 1 heterocycles. The number of carbonyl (C=O) groups excluding carboxylic acids is 2. The minimum Gasteiger partial charge on any atom is -0.326 e. The number of aryl methyl sites for hydroxylation is 3. The van der Waals surface area contributed by atoms with Gasteiger partial charge in [-0.3, -0.25) is 14.5 Å². The molecule has 5 aliphatic rings. The minimum absolute atomic E-state index is 0.00907. The third-order valence-corrected chi connectivity index (χ3v) is 10.0. The Balaban J connectivity index is 1.21. The Morgan fingerprint density at radius 1 is 0.842 bits per heavy atom. The molecule has 4 nitrogen and oxygen atoms in total. The van der Waals surface area contributed by atoms with E-state index in [9.17, 15) is 9.59 Å². The summed E-state index contributed by atoms with van der Waals surface area (Å²) in [5.74, 6) is 1.41. The summed E-state index contributed by atoms with van der Waals surface area (Å²) in [4.78, 5) is 28.8. The topological polar surface area (TPSA) is 49.4 Å². The summed E-state index contributed by atoms with van der Waals surface area (Å²) in [6, 6.07) is 23.4. The van der Waals surface area contributed by atoms with Gasteiger partial charge < -0.3 is 5.32 Å². The van der Waals surface area contributed by atoms with Gasteiger partial charge >= 0.3 is 0 Å². The Morgan fingerprint density at radius 2 is 1.53 bits per heavy atom. The van der Waals surface area contributed by atoms with Gasteiger partial charge in [0, 0.05) is 12.6 Å². The molecule has 4 bridgehead atoms. The van der Waals surface area contributed by atoms with Gasteiger partial charge in [0.2, 0.25) is 11.8 Å². The molecule has 38 heavy (non-hydrogen) atoms. The molecule has 194 valence electrons. The fourth-order valence-electron chi connectivity index (χ4n) is 8.78. The number of fused-ring (bicyclic) bond motifs is 2. The van der Waals surface area contributed by atoms with Crippen LogP contribution in [0.5, 0.6) is 0 Å². The molecule has 0 aromatic heterocycles. The molecule has 0 unspecified atom stereocenters. The molecular weight excluding hydrogens is 468 g/mol. The van der Waals surface area contributed by atoms with Crippen LogP contribution in [0.2, 0.25) is 0 Å². The first-order valence-electron chi connectivity index (χ1n) is 14.2. The molecule has 1 N–H and O–H groups in total. The molecule has 2 amide bonds. The van der Waals surface area contributed by atoms with Crippen molar-refractivity contribution >= 4 is 28.9 Å². The lowest BCUT2D eigenvalue weighted by Crippen LogP contribution is -2.58. The van der Waals surface area contributed by atoms with Crippen molar-refractivity contribution in [3.05, 3.63) is 89.0 Å². The highest BCUT2D eigenvalue weighted by Gasteiger charge is 2.60. The van der Waals surface area contributed by atoms with Crippen LogP contribution in [0.4, 0.5) is 17.1 Å². The normalized spacial score (nSPS) is 28.8. The Bertz CT molecular complexity index is 1430. The van der Waals surface area contributed by atoms with E-state index < -0.39 is 0 Å². The highest BCUT2D eigenvalue weighted by Crippen LogP contribution is 2.66. The monoisotopic (exact) mass is 504 g/mol. The lowest BCUT2D eigenvalue weighted by atomic mass is 9.42. The number of amides is 2. The molecule has 0 spiro atoms. The van der Waals surface area contributed by atoms with Gasteiger partial charge in [0.15, 0.2) is 0 Å². The van der Waals surface area contributed by atoms with E-state index in [4.69, 9.17) is 0 Å². The maximum absolute atomic E-state index is 14.2. The van der Waals surface area contributed by atoms with Gasteiger partial charge in [0.05, 0.1) is 16.8 Å².